The van der Waals surface area contributed by atoms with Crippen molar-refractivity contribution < 1.29 is 0 Å². The van der Waals surface area contributed by atoms with Crippen LogP contribution in [0.4, 0.5) is 0 Å². The van der Waals surface area contributed by atoms with E-state index in [2.05, 4.69) is 264 Å². The van der Waals surface area contributed by atoms with Crippen LogP contribution in [0.25, 0.3) is 111 Å². The lowest BCUT2D eigenvalue weighted by Crippen LogP contribution is -2.26. The number of fused-ring (bicyclic) bond motifs is 26. The summed E-state index contributed by atoms with van der Waals surface area (Å²) in [7, 11) is 0. The van der Waals surface area contributed by atoms with Crippen molar-refractivity contribution in [2.24, 2.45) is 0 Å². The number of aromatic nitrogens is 4. The van der Waals surface area contributed by atoms with Gasteiger partial charge in [0.1, 0.15) is 0 Å². The first-order valence-corrected chi connectivity index (χ1v) is 26.4. The lowest BCUT2D eigenvalue weighted by Gasteiger charge is -2.30. The molecule has 4 nitrogen and oxygen atoms in total. The largest absolute Gasteiger partial charge is 0.308 e. The molecule has 0 radical (unpaired) electrons. The molecule has 0 fully saturated rings. The molecule has 14 aromatic rings. The summed E-state index contributed by atoms with van der Waals surface area (Å²) in [6, 6.07) is 94.5. The van der Waals surface area contributed by atoms with Gasteiger partial charge in [-0.05, 0) is 115 Å². The Morgan fingerprint density at radius 1 is 0.250 bits per heavy atom. The van der Waals surface area contributed by atoms with Crippen LogP contribution in [0.1, 0.15) is 44.5 Å². The van der Waals surface area contributed by atoms with Crippen molar-refractivity contribution in [1.29, 1.82) is 0 Å². The van der Waals surface area contributed by atoms with Gasteiger partial charge < -0.3 is 9.13 Å². The number of rotatable bonds is 3. The van der Waals surface area contributed by atoms with Gasteiger partial charge in [0.05, 0.1) is 55.3 Å². The van der Waals surface area contributed by atoms with Crippen LogP contribution in [-0.2, 0) is 10.8 Å². The minimum atomic E-state index is -0.476. The topological polar surface area (TPSA) is 35.6 Å². The van der Waals surface area contributed by atoms with Crippen molar-refractivity contribution in [2.75, 3.05) is 0 Å². The molecule has 0 N–H and O–H groups in total. The highest BCUT2D eigenvalue weighted by molar-refractivity contribution is 6.11. The Morgan fingerprint density at radius 3 is 0.895 bits per heavy atom. The number of para-hydroxylation sites is 2. The fourth-order valence-corrected chi connectivity index (χ4v) is 14.8. The standard InChI is InChI=1S/C72H42N4/c1-9-25-55-47(17-1)48-18-2-10-26-56(48)71(55)59-29-13-5-21-51(59)67-61(71)41-65-69(73-67)53-23-7-15-31-63(53)75(65)45-37-33-43(34-38-45)44-35-39-46(40-36-44)76-64-32-16-8-24-54(64)70-66(76)42-62-68(74-70)52-22-6-14-30-60(52)72(62)57-27-11-3-19-49(57)50-20-4-12-28-58(50)72/h1-42H. The number of pyridine rings is 2. The fraction of sp³-hybridized carbons (Fsp3) is 0.0278. The predicted octanol–water partition coefficient (Wildman–Crippen LogP) is 17.0. The van der Waals surface area contributed by atoms with Crippen molar-refractivity contribution in [1.82, 2.24) is 19.1 Å². The zero-order valence-corrected chi connectivity index (χ0v) is 41.0. The van der Waals surface area contributed by atoms with Crippen LogP contribution < -0.4 is 0 Å². The first kappa shape index (κ1) is 40.6. The van der Waals surface area contributed by atoms with E-state index >= 15 is 0 Å². The maximum absolute atomic E-state index is 5.70. The Bertz CT molecular complexity index is 4480. The summed E-state index contributed by atoms with van der Waals surface area (Å²) in [6.45, 7) is 0. The maximum Gasteiger partial charge on any atom is 0.0971 e. The molecule has 0 aliphatic heterocycles. The van der Waals surface area contributed by atoms with E-state index < -0.39 is 10.8 Å². The van der Waals surface area contributed by atoms with E-state index in [-0.39, 0.29) is 0 Å². The van der Waals surface area contributed by atoms with Gasteiger partial charge in [0, 0.05) is 44.4 Å². The highest BCUT2D eigenvalue weighted by atomic mass is 15.0. The molecule has 0 unspecified atom stereocenters. The molecule has 4 heterocycles. The molecule has 4 heteroatoms. The molecule has 0 bridgehead atoms. The van der Waals surface area contributed by atoms with Gasteiger partial charge >= 0.3 is 0 Å². The fourth-order valence-electron chi connectivity index (χ4n) is 14.8. The molecular formula is C72H42N4. The molecule has 0 saturated carbocycles. The summed E-state index contributed by atoms with van der Waals surface area (Å²) >= 11 is 0. The zero-order chi connectivity index (χ0) is 49.4. The average molecular weight is 963 g/mol. The van der Waals surface area contributed by atoms with Crippen LogP contribution in [-0.4, -0.2) is 19.1 Å². The third-order valence-corrected chi connectivity index (χ3v) is 17.8. The third-order valence-electron chi connectivity index (χ3n) is 17.8. The van der Waals surface area contributed by atoms with E-state index in [4.69, 9.17) is 9.97 Å². The Kier molecular flexibility index (Phi) is 7.71. The summed E-state index contributed by atoms with van der Waals surface area (Å²) in [5.74, 6) is 0. The van der Waals surface area contributed by atoms with E-state index in [1.54, 1.807) is 0 Å². The SMILES string of the molecule is c1ccc2c(c1)-c1ccccc1C21c2ccccc2-c2nc3c4ccccc4n(-c4ccc(-c5ccc(-n6c7ccccc7c7nc8c(cc76)C6(c7ccccc7-c7ccccc76)c6ccccc6-8)cc5)cc4)c3cc21. The van der Waals surface area contributed by atoms with Crippen LogP contribution >= 0.6 is 0 Å². The Balaban J connectivity index is 0.772. The molecule has 4 aromatic heterocycles. The first-order valence-electron chi connectivity index (χ1n) is 26.4. The van der Waals surface area contributed by atoms with Crippen LogP contribution in [0.2, 0.25) is 0 Å². The van der Waals surface area contributed by atoms with Crippen molar-refractivity contribution in [2.45, 2.75) is 10.8 Å². The summed E-state index contributed by atoms with van der Waals surface area (Å²) < 4.78 is 4.85. The van der Waals surface area contributed by atoms with Gasteiger partial charge in [-0.3, -0.25) is 0 Å². The van der Waals surface area contributed by atoms with Crippen LogP contribution in [0.5, 0.6) is 0 Å². The summed E-state index contributed by atoms with van der Waals surface area (Å²) in [5.41, 5.74) is 30.2. The second kappa shape index (κ2) is 14.4. The minimum Gasteiger partial charge on any atom is -0.308 e. The number of benzene rings is 10. The molecule has 10 aromatic carbocycles. The monoisotopic (exact) mass is 962 g/mol. The lowest BCUT2D eigenvalue weighted by atomic mass is 9.71. The van der Waals surface area contributed by atoms with E-state index in [1.807, 2.05) is 0 Å². The van der Waals surface area contributed by atoms with Crippen LogP contribution in [0.3, 0.4) is 0 Å². The number of nitrogens with zero attached hydrogens (tertiary/aromatic N) is 4. The van der Waals surface area contributed by atoms with Gasteiger partial charge in [-0.1, -0.05) is 206 Å². The Hall–Kier alpha value is -9.90. The summed E-state index contributed by atoms with van der Waals surface area (Å²) in [5, 5.41) is 2.29. The predicted molar refractivity (Wildman–Crippen MR) is 309 cm³/mol. The quantitative estimate of drug-likeness (QED) is 0.177. The Labute approximate surface area is 438 Å². The Morgan fingerprint density at radius 2 is 0.539 bits per heavy atom. The summed E-state index contributed by atoms with van der Waals surface area (Å²) in [4.78, 5) is 11.4. The second-order valence-corrected chi connectivity index (χ2v) is 21.1. The van der Waals surface area contributed by atoms with Crippen molar-refractivity contribution in [3.8, 4) is 67.3 Å². The molecule has 0 saturated heterocycles. The van der Waals surface area contributed by atoms with Crippen molar-refractivity contribution in [3.63, 3.8) is 0 Å². The smallest absolute Gasteiger partial charge is 0.0971 e. The van der Waals surface area contributed by atoms with Gasteiger partial charge in [0.15, 0.2) is 0 Å². The number of hydrogen-bond acceptors (Lipinski definition) is 2. The average Bonchev–Trinajstić information content (AvgIpc) is 4.44. The van der Waals surface area contributed by atoms with Crippen LogP contribution in [0, 0.1) is 0 Å². The molecule has 2 spiro atoms. The second-order valence-electron chi connectivity index (χ2n) is 21.1. The molecule has 0 amide bonds. The van der Waals surface area contributed by atoms with E-state index in [0.29, 0.717) is 0 Å². The van der Waals surface area contributed by atoms with Gasteiger partial charge in [0.25, 0.3) is 0 Å². The van der Waals surface area contributed by atoms with Gasteiger partial charge in [-0.2, -0.15) is 0 Å². The van der Waals surface area contributed by atoms with E-state index in [9.17, 15) is 0 Å². The first-order chi connectivity index (χ1) is 37.7. The van der Waals surface area contributed by atoms with E-state index in [0.717, 1.165) is 77.8 Å². The van der Waals surface area contributed by atoms with E-state index in [1.165, 1.54) is 77.9 Å². The van der Waals surface area contributed by atoms with Crippen LogP contribution in [0.15, 0.2) is 255 Å². The minimum absolute atomic E-state index is 0.476. The van der Waals surface area contributed by atoms with Gasteiger partial charge in [-0.25, -0.2) is 9.97 Å². The molecule has 4 aliphatic carbocycles. The maximum atomic E-state index is 5.70. The molecule has 350 valence electrons. The highest BCUT2D eigenvalue weighted by Crippen LogP contribution is 2.64. The number of hydrogen-bond donors (Lipinski definition) is 0. The van der Waals surface area contributed by atoms with Crippen molar-refractivity contribution >= 4 is 43.9 Å². The van der Waals surface area contributed by atoms with Gasteiger partial charge in [0.2, 0.25) is 0 Å². The zero-order valence-electron chi connectivity index (χ0n) is 41.0. The molecule has 0 atom stereocenters. The molecule has 18 rings (SSSR count). The van der Waals surface area contributed by atoms with Gasteiger partial charge in [-0.15, -0.1) is 0 Å². The molecular weight excluding hydrogens is 921 g/mol. The summed E-state index contributed by atoms with van der Waals surface area (Å²) in [6.07, 6.45) is 0. The normalized spacial score (nSPS) is 14.3. The van der Waals surface area contributed by atoms with Crippen molar-refractivity contribution in [3.05, 3.63) is 299 Å². The molecule has 4 aliphatic rings. The lowest BCUT2D eigenvalue weighted by molar-refractivity contribution is 0.792. The highest BCUT2D eigenvalue weighted by Gasteiger charge is 2.54. The third kappa shape index (κ3) is 4.82. The molecule has 76 heavy (non-hydrogen) atoms.